The fourth-order valence-electron chi connectivity index (χ4n) is 1.71. The molecule has 1 N–H and O–H groups in total. The maximum Gasteiger partial charge on any atom is 0.337 e. The van der Waals surface area contributed by atoms with E-state index in [4.69, 9.17) is 11.6 Å². The number of carbonyl (C=O) groups is 2. The van der Waals surface area contributed by atoms with Gasteiger partial charge < -0.3 is 10.1 Å². The smallest absolute Gasteiger partial charge is 0.337 e. The fraction of sp³-hybridized carbons (Fsp3) is 0.200. The molecule has 0 fully saturated rings. The Balaban J connectivity index is 2.15. The van der Waals surface area contributed by atoms with Gasteiger partial charge in [-0.2, -0.15) is 0 Å². The van der Waals surface area contributed by atoms with Crippen molar-refractivity contribution in [1.82, 2.24) is 9.97 Å². The molecule has 0 unspecified atom stereocenters. The van der Waals surface area contributed by atoms with Crippen LogP contribution in [0.15, 0.2) is 35.6 Å². The lowest BCUT2D eigenvalue weighted by Gasteiger charge is -2.07. The van der Waals surface area contributed by atoms with Gasteiger partial charge in [0.15, 0.2) is 10.9 Å². The van der Waals surface area contributed by atoms with Gasteiger partial charge in [0.25, 0.3) is 5.91 Å². The SMILES string of the molecule is CCSc1ncc(Cl)c(C(=O)Nc2ccc(C(=O)OC)cc2)n1. The van der Waals surface area contributed by atoms with Crippen LogP contribution >= 0.6 is 23.4 Å². The molecule has 2 rings (SSSR count). The molecule has 0 radical (unpaired) electrons. The average molecular weight is 352 g/mol. The average Bonchev–Trinajstić information content (AvgIpc) is 2.56. The lowest BCUT2D eigenvalue weighted by atomic mass is 10.2. The predicted molar refractivity (Wildman–Crippen MR) is 89.2 cm³/mol. The minimum Gasteiger partial charge on any atom is -0.465 e. The number of nitrogens with one attached hydrogen (secondary N) is 1. The molecule has 1 heterocycles. The Morgan fingerprint density at radius 2 is 2.00 bits per heavy atom. The first-order valence-corrected chi connectivity index (χ1v) is 8.06. The van der Waals surface area contributed by atoms with Gasteiger partial charge in [-0.15, -0.1) is 0 Å². The lowest BCUT2D eigenvalue weighted by molar-refractivity contribution is 0.0600. The largest absolute Gasteiger partial charge is 0.465 e. The zero-order chi connectivity index (χ0) is 16.8. The standard InChI is InChI=1S/C15H14ClN3O3S/c1-3-23-15-17-8-11(16)12(19-15)13(20)18-10-6-4-9(5-7-10)14(21)22-2/h4-8H,3H2,1-2H3,(H,18,20). The molecule has 0 aliphatic carbocycles. The number of benzene rings is 1. The Hall–Kier alpha value is -2.12. The summed E-state index contributed by atoms with van der Waals surface area (Å²) in [6.07, 6.45) is 1.40. The van der Waals surface area contributed by atoms with E-state index in [9.17, 15) is 9.59 Å². The second kappa shape index (κ2) is 7.94. The van der Waals surface area contributed by atoms with Crippen LogP contribution in [-0.2, 0) is 4.74 Å². The minimum absolute atomic E-state index is 0.106. The fourth-order valence-corrected chi connectivity index (χ4v) is 2.42. The van der Waals surface area contributed by atoms with E-state index in [0.717, 1.165) is 5.75 Å². The summed E-state index contributed by atoms with van der Waals surface area (Å²) in [5.74, 6) is -0.0957. The van der Waals surface area contributed by atoms with Crippen molar-refractivity contribution in [3.63, 3.8) is 0 Å². The van der Waals surface area contributed by atoms with Gasteiger partial charge in [0.05, 0.1) is 23.9 Å². The van der Waals surface area contributed by atoms with Gasteiger partial charge in [-0.05, 0) is 30.0 Å². The molecule has 2 aromatic rings. The molecule has 0 saturated carbocycles. The van der Waals surface area contributed by atoms with Crippen LogP contribution in [0.2, 0.25) is 5.02 Å². The van der Waals surface area contributed by atoms with Gasteiger partial charge in [-0.3, -0.25) is 4.79 Å². The van der Waals surface area contributed by atoms with Crippen LogP contribution in [0.1, 0.15) is 27.8 Å². The summed E-state index contributed by atoms with van der Waals surface area (Å²) in [7, 11) is 1.31. The summed E-state index contributed by atoms with van der Waals surface area (Å²) in [6, 6.07) is 6.31. The molecule has 6 nitrogen and oxygen atoms in total. The van der Waals surface area contributed by atoms with Crippen LogP contribution in [0, 0.1) is 0 Å². The van der Waals surface area contributed by atoms with E-state index >= 15 is 0 Å². The Bertz CT molecular complexity index is 722. The number of methoxy groups -OCH3 is 1. The minimum atomic E-state index is -0.443. The van der Waals surface area contributed by atoms with E-state index in [1.165, 1.54) is 25.1 Å². The summed E-state index contributed by atoms with van der Waals surface area (Å²) >= 11 is 7.40. The Morgan fingerprint density at radius 3 is 2.61 bits per heavy atom. The Labute approximate surface area is 142 Å². The monoisotopic (exact) mass is 351 g/mol. The highest BCUT2D eigenvalue weighted by Crippen LogP contribution is 2.19. The maximum atomic E-state index is 12.3. The maximum absolute atomic E-state index is 12.3. The number of halogens is 1. The topological polar surface area (TPSA) is 81.2 Å². The molecular weight excluding hydrogens is 338 g/mol. The van der Waals surface area contributed by atoms with E-state index in [2.05, 4.69) is 20.0 Å². The van der Waals surface area contributed by atoms with Gasteiger partial charge in [0, 0.05) is 5.69 Å². The number of esters is 1. The zero-order valence-electron chi connectivity index (χ0n) is 12.5. The van der Waals surface area contributed by atoms with Gasteiger partial charge in [0.1, 0.15) is 0 Å². The van der Waals surface area contributed by atoms with Crippen molar-refractivity contribution in [1.29, 1.82) is 0 Å². The van der Waals surface area contributed by atoms with Crippen LogP contribution in [0.3, 0.4) is 0 Å². The van der Waals surface area contributed by atoms with Crippen molar-refractivity contribution in [3.05, 3.63) is 46.7 Å². The van der Waals surface area contributed by atoms with Crippen molar-refractivity contribution in [2.45, 2.75) is 12.1 Å². The molecule has 1 aromatic heterocycles. The van der Waals surface area contributed by atoms with Gasteiger partial charge in [0.2, 0.25) is 0 Å². The molecular formula is C15H14ClN3O3S. The quantitative estimate of drug-likeness (QED) is 0.505. The molecule has 0 aliphatic heterocycles. The molecule has 1 aromatic carbocycles. The van der Waals surface area contributed by atoms with Crippen LogP contribution in [0.25, 0.3) is 0 Å². The number of aromatic nitrogens is 2. The van der Waals surface area contributed by atoms with Crippen LogP contribution in [0.5, 0.6) is 0 Å². The number of amides is 1. The number of nitrogens with zero attached hydrogens (tertiary/aromatic N) is 2. The summed E-state index contributed by atoms with van der Waals surface area (Å²) in [5, 5.41) is 3.34. The highest BCUT2D eigenvalue weighted by molar-refractivity contribution is 7.99. The first-order valence-electron chi connectivity index (χ1n) is 6.70. The first-order chi connectivity index (χ1) is 11.0. The van der Waals surface area contributed by atoms with Crippen LogP contribution in [-0.4, -0.2) is 34.7 Å². The van der Waals surface area contributed by atoms with E-state index in [1.54, 1.807) is 24.3 Å². The number of rotatable bonds is 5. The van der Waals surface area contributed by atoms with Crippen molar-refractivity contribution in [3.8, 4) is 0 Å². The second-order valence-corrected chi connectivity index (χ2v) is 5.94. The highest BCUT2D eigenvalue weighted by atomic mass is 35.5. The molecule has 23 heavy (non-hydrogen) atoms. The highest BCUT2D eigenvalue weighted by Gasteiger charge is 2.15. The molecule has 8 heteroatoms. The van der Waals surface area contributed by atoms with Gasteiger partial charge in [-0.1, -0.05) is 30.3 Å². The van der Waals surface area contributed by atoms with Crippen LogP contribution < -0.4 is 5.32 Å². The number of hydrogen-bond donors (Lipinski definition) is 1. The summed E-state index contributed by atoms with van der Waals surface area (Å²) in [6.45, 7) is 1.96. The normalized spacial score (nSPS) is 10.2. The van der Waals surface area contributed by atoms with E-state index < -0.39 is 11.9 Å². The number of hydrogen-bond acceptors (Lipinski definition) is 6. The van der Waals surface area contributed by atoms with Crippen molar-refractivity contribution < 1.29 is 14.3 Å². The van der Waals surface area contributed by atoms with Gasteiger partial charge >= 0.3 is 5.97 Å². The van der Waals surface area contributed by atoms with E-state index in [-0.39, 0.29) is 10.7 Å². The number of anilines is 1. The number of carbonyl (C=O) groups excluding carboxylic acids is 2. The molecule has 1 amide bonds. The Morgan fingerprint density at radius 1 is 1.30 bits per heavy atom. The third-order valence-corrected chi connectivity index (χ3v) is 3.79. The van der Waals surface area contributed by atoms with Crippen molar-refractivity contribution in [2.75, 3.05) is 18.2 Å². The molecule has 0 saturated heterocycles. The van der Waals surface area contributed by atoms with E-state index in [1.807, 2.05) is 6.92 Å². The van der Waals surface area contributed by atoms with Crippen molar-refractivity contribution >= 4 is 40.9 Å². The molecule has 0 atom stereocenters. The van der Waals surface area contributed by atoms with E-state index in [0.29, 0.717) is 16.4 Å². The molecule has 120 valence electrons. The number of ether oxygens (including phenoxy) is 1. The van der Waals surface area contributed by atoms with Gasteiger partial charge in [-0.25, -0.2) is 14.8 Å². The molecule has 0 spiro atoms. The predicted octanol–water partition coefficient (Wildman–Crippen LogP) is 3.28. The second-order valence-electron chi connectivity index (χ2n) is 4.31. The lowest BCUT2D eigenvalue weighted by Crippen LogP contribution is -2.15. The van der Waals surface area contributed by atoms with Crippen LogP contribution in [0.4, 0.5) is 5.69 Å². The summed E-state index contributed by atoms with van der Waals surface area (Å²) in [4.78, 5) is 31.8. The molecule has 0 bridgehead atoms. The number of thioether (sulfide) groups is 1. The molecule has 0 aliphatic rings. The Kier molecular flexibility index (Phi) is 5.95. The first kappa shape index (κ1) is 17.2. The summed E-state index contributed by atoms with van der Waals surface area (Å²) < 4.78 is 4.62. The van der Waals surface area contributed by atoms with Crippen molar-refractivity contribution in [2.24, 2.45) is 0 Å². The third kappa shape index (κ3) is 4.43. The third-order valence-electron chi connectivity index (χ3n) is 2.77. The zero-order valence-corrected chi connectivity index (χ0v) is 14.1. The summed E-state index contributed by atoms with van der Waals surface area (Å²) in [5.41, 5.74) is 1.02.